The molecule has 5 rings (SSSR count). The zero-order valence-corrected chi connectivity index (χ0v) is 16.6. The number of nitrogens with one attached hydrogen (secondary N) is 1. The molecule has 4 heterocycles. The van der Waals surface area contributed by atoms with Crippen LogP contribution in [-0.2, 0) is 7.05 Å². The second-order valence-electron chi connectivity index (χ2n) is 7.09. The number of ether oxygens (including phenoxy) is 1. The summed E-state index contributed by atoms with van der Waals surface area (Å²) in [6, 6.07) is 6.12. The highest BCUT2D eigenvalue weighted by atomic mass is 32.1. The molecule has 0 saturated heterocycles. The van der Waals surface area contributed by atoms with Crippen molar-refractivity contribution in [2.45, 2.75) is 13.8 Å². The van der Waals surface area contributed by atoms with Crippen molar-refractivity contribution in [3.8, 4) is 16.9 Å². The Morgan fingerprint density at radius 3 is 2.89 bits per heavy atom. The average Bonchev–Trinajstić information content (AvgIpc) is 3.37. The van der Waals surface area contributed by atoms with Gasteiger partial charge in [0.2, 0.25) is 0 Å². The molecule has 2 aromatic heterocycles. The van der Waals surface area contributed by atoms with Crippen LogP contribution in [0.3, 0.4) is 0 Å². The summed E-state index contributed by atoms with van der Waals surface area (Å²) in [5.41, 5.74) is 5.68. The molecule has 1 N–H and O–H groups in total. The molecule has 0 unspecified atom stereocenters. The van der Waals surface area contributed by atoms with E-state index < -0.39 is 0 Å². The highest BCUT2D eigenvalue weighted by molar-refractivity contribution is 7.18. The van der Waals surface area contributed by atoms with Crippen molar-refractivity contribution in [3.05, 3.63) is 46.7 Å². The summed E-state index contributed by atoms with van der Waals surface area (Å²) in [6.45, 7) is 5.22. The molecule has 0 bridgehead atoms. The Balaban J connectivity index is 1.59. The highest BCUT2D eigenvalue weighted by Gasteiger charge is 2.32. The summed E-state index contributed by atoms with van der Waals surface area (Å²) in [7, 11) is 1.90. The van der Waals surface area contributed by atoms with Gasteiger partial charge in [-0.25, -0.2) is 4.98 Å². The van der Waals surface area contributed by atoms with Gasteiger partial charge >= 0.3 is 0 Å². The minimum Gasteiger partial charge on any atom is -0.490 e. The molecule has 1 aromatic carbocycles. The van der Waals surface area contributed by atoms with Crippen molar-refractivity contribution in [2.24, 2.45) is 7.05 Å². The van der Waals surface area contributed by atoms with Gasteiger partial charge < -0.3 is 15.0 Å². The number of rotatable bonds is 2. The number of carbonyl (C=O) groups is 1. The molecular weight excluding hydrogens is 374 g/mol. The van der Waals surface area contributed by atoms with Crippen LogP contribution in [0, 0.1) is 0 Å². The fraction of sp³-hybridized carbons (Fsp3) is 0.250. The van der Waals surface area contributed by atoms with Gasteiger partial charge in [-0.1, -0.05) is 23.0 Å². The van der Waals surface area contributed by atoms with Gasteiger partial charge in [0, 0.05) is 18.8 Å². The SMILES string of the molecule is CC(C)=C1NC(=O)c2sc(N3CCOc4ccc(-c5cnn(C)c5)cc43)nc21. The Labute approximate surface area is 166 Å². The van der Waals surface area contributed by atoms with Crippen molar-refractivity contribution in [2.75, 3.05) is 18.1 Å². The van der Waals surface area contributed by atoms with E-state index >= 15 is 0 Å². The van der Waals surface area contributed by atoms with Crippen molar-refractivity contribution in [1.29, 1.82) is 0 Å². The molecule has 3 aromatic rings. The van der Waals surface area contributed by atoms with Crippen LogP contribution < -0.4 is 15.0 Å². The van der Waals surface area contributed by atoms with Gasteiger partial charge in [-0.15, -0.1) is 0 Å². The summed E-state index contributed by atoms with van der Waals surface area (Å²) >= 11 is 1.42. The zero-order chi connectivity index (χ0) is 19.4. The maximum absolute atomic E-state index is 12.3. The van der Waals surface area contributed by atoms with Crippen LogP contribution in [0.15, 0.2) is 36.2 Å². The summed E-state index contributed by atoms with van der Waals surface area (Å²) in [4.78, 5) is 19.9. The van der Waals surface area contributed by atoms with Crippen LogP contribution in [0.4, 0.5) is 10.8 Å². The minimum absolute atomic E-state index is 0.0763. The Hall–Kier alpha value is -3.13. The van der Waals surface area contributed by atoms with Crippen molar-refractivity contribution in [3.63, 3.8) is 0 Å². The third-order valence-corrected chi connectivity index (χ3v) is 5.97. The lowest BCUT2D eigenvalue weighted by molar-refractivity contribution is 0.0984. The van der Waals surface area contributed by atoms with E-state index in [0.29, 0.717) is 18.0 Å². The van der Waals surface area contributed by atoms with E-state index in [4.69, 9.17) is 9.72 Å². The van der Waals surface area contributed by atoms with Crippen LogP contribution in [0.25, 0.3) is 16.8 Å². The second-order valence-corrected chi connectivity index (χ2v) is 8.07. The third kappa shape index (κ3) is 2.60. The van der Waals surface area contributed by atoms with Crippen LogP contribution in [0.5, 0.6) is 5.75 Å². The number of amides is 1. The van der Waals surface area contributed by atoms with Crippen LogP contribution in [-0.4, -0.2) is 33.8 Å². The number of carbonyl (C=O) groups excluding carboxylic acids is 1. The van der Waals surface area contributed by atoms with Crippen LogP contribution in [0.2, 0.25) is 0 Å². The minimum atomic E-state index is -0.0763. The number of benzene rings is 1. The lowest BCUT2D eigenvalue weighted by Gasteiger charge is -2.29. The molecule has 0 spiro atoms. The second kappa shape index (κ2) is 6.20. The predicted octanol–water partition coefficient (Wildman–Crippen LogP) is 3.57. The quantitative estimate of drug-likeness (QED) is 0.721. The number of hydrogen-bond acceptors (Lipinski definition) is 6. The standard InChI is InChI=1S/C20H19N5O2S/c1-11(2)16-17-18(19(26)22-16)28-20(23-17)25-6-7-27-15-5-4-12(8-14(15)25)13-9-21-24(3)10-13/h4-5,8-10H,6-7H2,1-3H3,(H,22,26). The first kappa shape index (κ1) is 17.0. The topological polar surface area (TPSA) is 72.3 Å². The third-order valence-electron chi connectivity index (χ3n) is 4.89. The van der Waals surface area contributed by atoms with E-state index in [1.54, 1.807) is 4.68 Å². The molecule has 0 saturated carbocycles. The fourth-order valence-electron chi connectivity index (χ4n) is 3.51. The number of thiazole rings is 1. The van der Waals surface area contributed by atoms with Crippen molar-refractivity contribution in [1.82, 2.24) is 20.1 Å². The number of anilines is 2. The van der Waals surface area contributed by atoms with E-state index in [2.05, 4.69) is 21.4 Å². The van der Waals surface area contributed by atoms with E-state index in [1.807, 2.05) is 45.4 Å². The van der Waals surface area contributed by atoms with Crippen molar-refractivity contribution < 1.29 is 9.53 Å². The predicted molar refractivity (Wildman–Crippen MR) is 109 cm³/mol. The van der Waals surface area contributed by atoms with E-state index in [-0.39, 0.29) is 5.91 Å². The van der Waals surface area contributed by atoms with Crippen molar-refractivity contribution >= 4 is 33.8 Å². The molecule has 2 aliphatic heterocycles. The summed E-state index contributed by atoms with van der Waals surface area (Å²) in [5, 5.41) is 7.99. The highest BCUT2D eigenvalue weighted by Crippen LogP contribution is 2.43. The van der Waals surface area contributed by atoms with Gasteiger partial charge in [-0.3, -0.25) is 9.48 Å². The summed E-state index contributed by atoms with van der Waals surface area (Å²) < 4.78 is 7.64. The zero-order valence-electron chi connectivity index (χ0n) is 15.8. The van der Waals surface area contributed by atoms with Gasteiger partial charge in [0.1, 0.15) is 22.9 Å². The molecule has 0 fully saturated rings. The number of fused-ring (bicyclic) bond motifs is 2. The number of allylic oxidation sites excluding steroid dienone is 1. The molecule has 1 amide bonds. The molecule has 0 atom stereocenters. The maximum atomic E-state index is 12.3. The lowest BCUT2D eigenvalue weighted by atomic mass is 10.1. The first-order valence-electron chi connectivity index (χ1n) is 9.04. The van der Waals surface area contributed by atoms with Gasteiger partial charge in [0.05, 0.1) is 24.1 Å². The first-order valence-corrected chi connectivity index (χ1v) is 9.86. The molecule has 8 heteroatoms. The maximum Gasteiger partial charge on any atom is 0.268 e. The fourth-order valence-corrected chi connectivity index (χ4v) is 4.51. The largest absolute Gasteiger partial charge is 0.490 e. The monoisotopic (exact) mass is 393 g/mol. The number of hydrogen-bond donors (Lipinski definition) is 1. The molecule has 142 valence electrons. The van der Waals surface area contributed by atoms with Gasteiger partial charge in [-0.05, 0) is 31.5 Å². The summed E-state index contributed by atoms with van der Waals surface area (Å²) in [6.07, 6.45) is 3.83. The normalized spacial score (nSPS) is 15.2. The molecule has 7 nitrogen and oxygen atoms in total. The molecular formula is C20H19N5O2S. The average molecular weight is 393 g/mol. The van der Waals surface area contributed by atoms with Gasteiger partial charge in [0.25, 0.3) is 5.91 Å². The van der Waals surface area contributed by atoms with E-state index in [0.717, 1.165) is 44.7 Å². The smallest absolute Gasteiger partial charge is 0.268 e. The molecule has 0 radical (unpaired) electrons. The van der Waals surface area contributed by atoms with Crippen LogP contribution >= 0.6 is 11.3 Å². The number of aryl methyl sites for hydroxylation is 1. The number of nitrogens with zero attached hydrogens (tertiary/aromatic N) is 4. The Kier molecular flexibility index (Phi) is 3.77. The molecule has 0 aliphatic carbocycles. The van der Waals surface area contributed by atoms with Crippen LogP contribution in [0.1, 0.15) is 29.2 Å². The first-order chi connectivity index (χ1) is 13.5. The van der Waals surface area contributed by atoms with E-state index in [1.165, 1.54) is 11.3 Å². The Morgan fingerprint density at radius 1 is 1.29 bits per heavy atom. The van der Waals surface area contributed by atoms with E-state index in [9.17, 15) is 4.79 Å². The molecule has 2 aliphatic rings. The molecule has 28 heavy (non-hydrogen) atoms. The summed E-state index contributed by atoms with van der Waals surface area (Å²) in [5.74, 6) is 0.744. The number of aromatic nitrogens is 3. The lowest BCUT2D eigenvalue weighted by Crippen LogP contribution is -2.28. The van der Waals surface area contributed by atoms with Gasteiger partial charge in [0.15, 0.2) is 5.13 Å². The Bertz CT molecular complexity index is 1140. The van der Waals surface area contributed by atoms with Gasteiger partial charge in [-0.2, -0.15) is 5.10 Å². The Morgan fingerprint density at radius 2 is 2.14 bits per heavy atom.